The molecular formula is C21H26N4O2. The SMILES string of the molecule is Cc1ccc(-c2ncc(C(=O)N3CCCCC3)c(N3CCOCC3)n2)cc1. The van der Waals surface area contributed by atoms with Crippen molar-refractivity contribution in [3.63, 3.8) is 0 Å². The van der Waals surface area contributed by atoms with E-state index < -0.39 is 0 Å². The maximum absolute atomic E-state index is 13.1. The summed E-state index contributed by atoms with van der Waals surface area (Å²) in [5.41, 5.74) is 2.77. The average molecular weight is 366 g/mol. The summed E-state index contributed by atoms with van der Waals surface area (Å²) in [7, 11) is 0. The summed E-state index contributed by atoms with van der Waals surface area (Å²) >= 11 is 0. The molecule has 0 N–H and O–H groups in total. The summed E-state index contributed by atoms with van der Waals surface area (Å²) in [6.45, 7) is 6.49. The molecule has 6 nitrogen and oxygen atoms in total. The van der Waals surface area contributed by atoms with Crippen LogP contribution < -0.4 is 4.90 Å². The lowest BCUT2D eigenvalue weighted by Crippen LogP contribution is -2.40. The molecule has 0 radical (unpaired) electrons. The van der Waals surface area contributed by atoms with Crippen LogP contribution in [0.4, 0.5) is 5.82 Å². The average Bonchev–Trinajstić information content (AvgIpc) is 2.75. The molecule has 3 heterocycles. The van der Waals surface area contributed by atoms with Crippen LogP contribution in [0, 0.1) is 6.92 Å². The fourth-order valence-corrected chi connectivity index (χ4v) is 3.65. The molecule has 0 saturated carbocycles. The van der Waals surface area contributed by atoms with Crippen molar-refractivity contribution >= 4 is 11.7 Å². The molecule has 2 aromatic rings. The van der Waals surface area contributed by atoms with Crippen LogP contribution in [0.3, 0.4) is 0 Å². The van der Waals surface area contributed by atoms with Crippen molar-refractivity contribution in [1.82, 2.24) is 14.9 Å². The Morgan fingerprint density at radius 2 is 1.70 bits per heavy atom. The topological polar surface area (TPSA) is 58.6 Å². The maximum atomic E-state index is 13.1. The number of likely N-dealkylation sites (tertiary alicyclic amines) is 1. The van der Waals surface area contributed by atoms with Crippen molar-refractivity contribution in [1.29, 1.82) is 0 Å². The molecule has 1 aromatic heterocycles. The van der Waals surface area contributed by atoms with Gasteiger partial charge in [0.25, 0.3) is 5.91 Å². The highest BCUT2D eigenvalue weighted by Gasteiger charge is 2.26. The molecule has 0 bridgehead atoms. The van der Waals surface area contributed by atoms with E-state index in [1.54, 1.807) is 6.20 Å². The van der Waals surface area contributed by atoms with E-state index in [0.29, 0.717) is 24.6 Å². The van der Waals surface area contributed by atoms with Crippen LogP contribution in [-0.4, -0.2) is 60.2 Å². The molecule has 1 aromatic carbocycles. The highest BCUT2D eigenvalue weighted by atomic mass is 16.5. The molecule has 0 aliphatic carbocycles. The Kier molecular flexibility index (Phi) is 5.34. The highest BCUT2D eigenvalue weighted by molar-refractivity contribution is 5.99. The van der Waals surface area contributed by atoms with Gasteiger partial charge >= 0.3 is 0 Å². The standard InChI is InChI=1S/C21H26N4O2/c1-16-5-7-17(8-6-16)19-22-15-18(21(26)25-9-3-2-4-10-25)20(23-19)24-11-13-27-14-12-24/h5-8,15H,2-4,9-14H2,1H3. The minimum atomic E-state index is 0.0478. The van der Waals surface area contributed by atoms with Gasteiger partial charge in [-0.3, -0.25) is 4.79 Å². The molecule has 2 aliphatic heterocycles. The van der Waals surface area contributed by atoms with E-state index >= 15 is 0 Å². The zero-order valence-corrected chi connectivity index (χ0v) is 15.9. The van der Waals surface area contributed by atoms with Crippen molar-refractivity contribution in [2.75, 3.05) is 44.3 Å². The van der Waals surface area contributed by atoms with Gasteiger partial charge in [-0.05, 0) is 26.2 Å². The van der Waals surface area contributed by atoms with Gasteiger partial charge in [-0.25, -0.2) is 9.97 Å². The zero-order valence-electron chi connectivity index (χ0n) is 15.9. The Balaban J connectivity index is 1.70. The van der Waals surface area contributed by atoms with Gasteiger partial charge in [0.15, 0.2) is 5.82 Å². The number of amides is 1. The lowest BCUT2D eigenvalue weighted by molar-refractivity contribution is 0.0723. The first-order valence-electron chi connectivity index (χ1n) is 9.78. The number of anilines is 1. The fourth-order valence-electron chi connectivity index (χ4n) is 3.65. The third kappa shape index (κ3) is 3.95. The minimum Gasteiger partial charge on any atom is -0.378 e. The van der Waals surface area contributed by atoms with E-state index in [2.05, 4.69) is 28.9 Å². The fraction of sp³-hybridized carbons (Fsp3) is 0.476. The Hall–Kier alpha value is -2.47. The van der Waals surface area contributed by atoms with Crippen molar-refractivity contribution in [3.8, 4) is 11.4 Å². The molecule has 6 heteroatoms. The van der Waals surface area contributed by atoms with Gasteiger partial charge in [0.2, 0.25) is 0 Å². The van der Waals surface area contributed by atoms with Crippen LogP contribution in [0.1, 0.15) is 35.2 Å². The number of hydrogen-bond donors (Lipinski definition) is 0. The zero-order chi connectivity index (χ0) is 18.6. The van der Waals surface area contributed by atoms with Crippen LogP contribution in [0.5, 0.6) is 0 Å². The van der Waals surface area contributed by atoms with Crippen molar-refractivity contribution < 1.29 is 9.53 Å². The maximum Gasteiger partial charge on any atom is 0.259 e. The van der Waals surface area contributed by atoms with Gasteiger partial charge in [0.1, 0.15) is 11.4 Å². The van der Waals surface area contributed by atoms with Crippen molar-refractivity contribution in [2.45, 2.75) is 26.2 Å². The summed E-state index contributed by atoms with van der Waals surface area (Å²) < 4.78 is 5.49. The minimum absolute atomic E-state index is 0.0478. The van der Waals surface area contributed by atoms with Crippen LogP contribution in [0.2, 0.25) is 0 Å². The second kappa shape index (κ2) is 8.05. The Morgan fingerprint density at radius 1 is 1.00 bits per heavy atom. The molecule has 0 atom stereocenters. The lowest BCUT2D eigenvalue weighted by atomic mass is 10.1. The molecule has 142 valence electrons. The second-order valence-electron chi connectivity index (χ2n) is 7.25. The Bertz CT molecular complexity index is 794. The molecule has 0 unspecified atom stereocenters. The number of benzene rings is 1. The number of carbonyl (C=O) groups excluding carboxylic acids is 1. The number of morpholine rings is 1. The van der Waals surface area contributed by atoms with Gasteiger partial charge in [0.05, 0.1) is 13.2 Å². The molecule has 0 spiro atoms. The van der Waals surface area contributed by atoms with Crippen molar-refractivity contribution in [2.24, 2.45) is 0 Å². The molecule has 4 rings (SSSR count). The van der Waals surface area contributed by atoms with E-state index in [4.69, 9.17) is 9.72 Å². The Labute approximate surface area is 160 Å². The van der Waals surface area contributed by atoms with Gasteiger partial charge < -0.3 is 14.5 Å². The predicted molar refractivity (Wildman–Crippen MR) is 105 cm³/mol. The molecule has 27 heavy (non-hydrogen) atoms. The first-order valence-corrected chi connectivity index (χ1v) is 9.78. The van der Waals surface area contributed by atoms with Crippen LogP contribution in [0.15, 0.2) is 30.5 Å². The number of rotatable bonds is 3. The van der Waals surface area contributed by atoms with E-state index in [-0.39, 0.29) is 5.91 Å². The van der Waals surface area contributed by atoms with Gasteiger partial charge in [-0.15, -0.1) is 0 Å². The monoisotopic (exact) mass is 366 g/mol. The van der Waals surface area contributed by atoms with Gasteiger partial charge in [-0.2, -0.15) is 0 Å². The molecule has 2 aliphatic rings. The molecule has 1 amide bonds. The van der Waals surface area contributed by atoms with E-state index in [9.17, 15) is 4.79 Å². The smallest absolute Gasteiger partial charge is 0.259 e. The highest BCUT2D eigenvalue weighted by Crippen LogP contribution is 2.25. The first-order chi connectivity index (χ1) is 13.2. The van der Waals surface area contributed by atoms with Crippen LogP contribution >= 0.6 is 0 Å². The van der Waals surface area contributed by atoms with Crippen LogP contribution in [-0.2, 0) is 4.74 Å². The van der Waals surface area contributed by atoms with E-state index in [1.807, 2.05) is 17.0 Å². The molecule has 2 fully saturated rings. The van der Waals surface area contributed by atoms with E-state index in [0.717, 1.165) is 50.4 Å². The molecule has 2 saturated heterocycles. The number of nitrogens with zero attached hydrogens (tertiary/aromatic N) is 4. The number of carbonyl (C=O) groups is 1. The summed E-state index contributed by atoms with van der Waals surface area (Å²) in [4.78, 5) is 26.6. The summed E-state index contributed by atoms with van der Waals surface area (Å²) in [6.07, 6.45) is 5.05. The number of hydrogen-bond acceptors (Lipinski definition) is 5. The third-order valence-electron chi connectivity index (χ3n) is 5.26. The van der Waals surface area contributed by atoms with Crippen LogP contribution in [0.25, 0.3) is 11.4 Å². The Morgan fingerprint density at radius 3 is 2.41 bits per heavy atom. The second-order valence-corrected chi connectivity index (χ2v) is 7.25. The number of aryl methyl sites for hydroxylation is 1. The summed E-state index contributed by atoms with van der Waals surface area (Å²) in [5.74, 6) is 1.44. The third-order valence-corrected chi connectivity index (χ3v) is 5.26. The number of aromatic nitrogens is 2. The first kappa shape index (κ1) is 17.9. The number of piperidine rings is 1. The van der Waals surface area contributed by atoms with E-state index in [1.165, 1.54) is 12.0 Å². The van der Waals surface area contributed by atoms with Gasteiger partial charge in [-0.1, -0.05) is 29.8 Å². The predicted octanol–water partition coefficient (Wildman–Crippen LogP) is 2.91. The van der Waals surface area contributed by atoms with Crippen molar-refractivity contribution in [3.05, 3.63) is 41.6 Å². The van der Waals surface area contributed by atoms with Gasteiger partial charge in [0, 0.05) is 37.9 Å². The summed E-state index contributed by atoms with van der Waals surface area (Å²) in [6, 6.07) is 8.17. The molecular weight excluding hydrogens is 340 g/mol. The summed E-state index contributed by atoms with van der Waals surface area (Å²) in [5, 5.41) is 0. The normalized spacial score (nSPS) is 17.8. The lowest BCUT2D eigenvalue weighted by Gasteiger charge is -2.31. The quantitative estimate of drug-likeness (QED) is 0.836. The largest absolute Gasteiger partial charge is 0.378 e. The number of ether oxygens (including phenoxy) is 1.